The van der Waals surface area contributed by atoms with Gasteiger partial charge in [0.2, 0.25) is 5.91 Å². The molecule has 1 unspecified atom stereocenters. The van der Waals surface area contributed by atoms with Crippen molar-refractivity contribution >= 4 is 23.0 Å². The Labute approximate surface area is 166 Å². The maximum absolute atomic E-state index is 13.0. The Morgan fingerprint density at radius 3 is 2.82 bits per heavy atom. The van der Waals surface area contributed by atoms with E-state index in [4.69, 9.17) is 9.15 Å². The second-order valence-corrected chi connectivity index (χ2v) is 8.56. The summed E-state index contributed by atoms with van der Waals surface area (Å²) in [5, 5.41) is 3.80. The number of aryl methyl sites for hydroxylation is 1. The van der Waals surface area contributed by atoms with Gasteiger partial charge in [0, 0.05) is 30.1 Å². The van der Waals surface area contributed by atoms with Crippen LogP contribution >= 0.6 is 0 Å². The molecule has 1 aromatic carbocycles. The minimum absolute atomic E-state index is 0.00539. The Morgan fingerprint density at radius 2 is 2.07 bits per heavy atom. The molecule has 1 aromatic heterocycles. The zero-order chi connectivity index (χ0) is 20.3. The van der Waals surface area contributed by atoms with E-state index in [9.17, 15) is 9.59 Å². The molecule has 0 spiro atoms. The van der Waals surface area contributed by atoms with Crippen LogP contribution in [0.5, 0.6) is 0 Å². The van der Waals surface area contributed by atoms with Crippen molar-refractivity contribution in [3.05, 3.63) is 35.6 Å². The topological polar surface area (TPSA) is 71.8 Å². The molecule has 3 rings (SSSR count). The quantitative estimate of drug-likeness (QED) is 0.855. The number of benzene rings is 1. The highest BCUT2D eigenvalue weighted by Gasteiger charge is 2.28. The number of nitrogens with zero attached hydrogens (tertiary/aromatic N) is 1. The molecular weight excluding hydrogens is 356 g/mol. The fraction of sp³-hybridized carbons (Fsp3) is 0.545. The molecule has 1 atom stereocenters. The lowest BCUT2D eigenvalue weighted by molar-refractivity contribution is -0.134. The fourth-order valence-electron chi connectivity index (χ4n) is 3.65. The van der Waals surface area contributed by atoms with E-state index in [0.29, 0.717) is 19.5 Å². The lowest BCUT2D eigenvalue weighted by Gasteiger charge is -2.36. The smallest absolute Gasteiger partial charge is 0.407 e. The third kappa shape index (κ3) is 5.06. The van der Waals surface area contributed by atoms with Crippen molar-refractivity contribution < 1.29 is 18.7 Å². The molecular formula is C22H30N2O4. The largest absolute Gasteiger partial charge is 0.464 e. The molecule has 0 radical (unpaired) electrons. The summed E-state index contributed by atoms with van der Waals surface area (Å²) in [6, 6.07) is 6.02. The second kappa shape index (κ2) is 8.25. The van der Waals surface area contributed by atoms with Gasteiger partial charge in [0.1, 0.15) is 11.2 Å². The van der Waals surface area contributed by atoms with Gasteiger partial charge in [-0.25, -0.2) is 4.79 Å². The van der Waals surface area contributed by atoms with Crippen molar-refractivity contribution in [2.45, 2.75) is 65.0 Å². The van der Waals surface area contributed by atoms with Crippen LogP contribution in [0.25, 0.3) is 11.0 Å². The van der Waals surface area contributed by atoms with Crippen molar-refractivity contribution in [2.24, 2.45) is 0 Å². The summed E-state index contributed by atoms with van der Waals surface area (Å²) in [7, 11) is 0. The number of likely N-dealkylation sites (tertiary alicyclic amines) is 1. The summed E-state index contributed by atoms with van der Waals surface area (Å²) in [4.78, 5) is 26.9. The van der Waals surface area contributed by atoms with Crippen LogP contribution in [-0.2, 0) is 16.0 Å². The van der Waals surface area contributed by atoms with Gasteiger partial charge in [-0.2, -0.15) is 0 Å². The zero-order valence-electron chi connectivity index (χ0n) is 17.2. The molecule has 1 aliphatic heterocycles. The van der Waals surface area contributed by atoms with Gasteiger partial charge in [0.05, 0.1) is 12.7 Å². The average molecular weight is 386 g/mol. The van der Waals surface area contributed by atoms with E-state index in [0.717, 1.165) is 41.4 Å². The highest BCUT2D eigenvalue weighted by Crippen LogP contribution is 2.24. The van der Waals surface area contributed by atoms with Crippen LogP contribution < -0.4 is 5.32 Å². The van der Waals surface area contributed by atoms with Gasteiger partial charge in [-0.1, -0.05) is 12.1 Å². The number of nitrogens with one attached hydrogen (secondary N) is 1. The molecule has 2 amide bonds. The summed E-state index contributed by atoms with van der Waals surface area (Å²) >= 11 is 0. The number of furan rings is 1. The van der Waals surface area contributed by atoms with E-state index in [1.54, 1.807) is 6.26 Å². The number of rotatable bonds is 4. The number of carbonyl (C=O) groups is 2. The standard InChI is InChI=1S/C22H30N2O4/c1-15-8-9-18-16(14-27-19(18)11-15)12-20(25)24-10-6-5-7-17(24)13-23-21(26)28-22(2,3)4/h8-9,11,14,17H,5-7,10,12-13H2,1-4H3,(H,23,26). The first-order valence-electron chi connectivity index (χ1n) is 9.96. The Morgan fingerprint density at radius 1 is 1.29 bits per heavy atom. The van der Waals surface area contributed by atoms with Gasteiger partial charge in [0.25, 0.3) is 0 Å². The summed E-state index contributed by atoms with van der Waals surface area (Å²) < 4.78 is 10.9. The van der Waals surface area contributed by atoms with Crippen molar-refractivity contribution in [3.8, 4) is 0 Å². The van der Waals surface area contributed by atoms with Gasteiger partial charge in [0.15, 0.2) is 0 Å². The molecule has 1 aliphatic rings. The molecule has 1 N–H and O–H groups in total. The van der Waals surface area contributed by atoms with Crippen LogP contribution in [0.2, 0.25) is 0 Å². The number of carbonyl (C=O) groups excluding carboxylic acids is 2. The van der Waals surface area contributed by atoms with Crippen molar-refractivity contribution in [1.82, 2.24) is 10.2 Å². The highest BCUT2D eigenvalue weighted by atomic mass is 16.6. The van der Waals surface area contributed by atoms with Gasteiger partial charge >= 0.3 is 6.09 Å². The van der Waals surface area contributed by atoms with E-state index >= 15 is 0 Å². The average Bonchev–Trinajstić information content (AvgIpc) is 3.00. The Bertz CT molecular complexity index is 850. The fourth-order valence-corrected chi connectivity index (χ4v) is 3.65. The van der Waals surface area contributed by atoms with Gasteiger partial charge in [-0.3, -0.25) is 4.79 Å². The van der Waals surface area contributed by atoms with Crippen molar-refractivity contribution in [2.75, 3.05) is 13.1 Å². The Balaban J connectivity index is 1.64. The van der Waals surface area contributed by atoms with Gasteiger partial charge < -0.3 is 19.4 Å². The minimum Gasteiger partial charge on any atom is -0.464 e. The van der Waals surface area contributed by atoms with E-state index in [1.807, 2.05) is 50.8 Å². The zero-order valence-corrected chi connectivity index (χ0v) is 17.2. The highest BCUT2D eigenvalue weighted by molar-refractivity contribution is 5.88. The molecule has 0 bridgehead atoms. The Hall–Kier alpha value is -2.50. The summed E-state index contributed by atoms with van der Waals surface area (Å²) in [6.45, 7) is 8.64. The van der Waals surface area contributed by atoms with E-state index in [2.05, 4.69) is 5.32 Å². The molecule has 0 saturated carbocycles. The molecule has 1 fully saturated rings. The van der Waals surface area contributed by atoms with Crippen LogP contribution in [-0.4, -0.2) is 41.6 Å². The third-order valence-corrected chi connectivity index (χ3v) is 4.98. The van der Waals surface area contributed by atoms with E-state index in [1.165, 1.54) is 0 Å². The minimum atomic E-state index is -0.535. The number of amides is 2. The number of alkyl carbamates (subject to hydrolysis) is 1. The molecule has 152 valence electrons. The predicted molar refractivity (Wildman–Crippen MR) is 108 cm³/mol. The molecule has 0 aliphatic carbocycles. The van der Waals surface area contributed by atoms with Crippen LogP contribution in [0.1, 0.15) is 51.2 Å². The van der Waals surface area contributed by atoms with Crippen molar-refractivity contribution in [1.29, 1.82) is 0 Å². The Kier molecular flexibility index (Phi) is 5.96. The molecule has 1 saturated heterocycles. The SMILES string of the molecule is Cc1ccc2c(CC(=O)N3CCCCC3CNC(=O)OC(C)(C)C)coc2c1. The molecule has 6 heteroatoms. The first kappa shape index (κ1) is 20.2. The van der Waals surface area contributed by atoms with Crippen LogP contribution in [0.15, 0.2) is 28.9 Å². The normalized spacial score (nSPS) is 17.6. The summed E-state index contributed by atoms with van der Waals surface area (Å²) in [5.41, 5.74) is 2.31. The maximum atomic E-state index is 13.0. The third-order valence-electron chi connectivity index (χ3n) is 4.98. The number of hydrogen-bond acceptors (Lipinski definition) is 4. The summed E-state index contributed by atoms with van der Waals surface area (Å²) in [6.07, 6.45) is 4.46. The summed E-state index contributed by atoms with van der Waals surface area (Å²) in [5.74, 6) is 0.0685. The first-order valence-corrected chi connectivity index (χ1v) is 9.96. The van der Waals surface area contributed by atoms with Crippen LogP contribution in [0.3, 0.4) is 0 Å². The lowest BCUT2D eigenvalue weighted by atomic mass is 10.0. The number of hydrogen-bond donors (Lipinski definition) is 1. The van der Waals surface area contributed by atoms with Crippen molar-refractivity contribution in [3.63, 3.8) is 0 Å². The first-order chi connectivity index (χ1) is 13.2. The molecule has 2 aromatic rings. The van der Waals surface area contributed by atoms with Crippen LogP contribution in [0.4, 0.5) is 4.79 Å². The van der Waals surface area contributed by atoms with Gasteiger partial charge in [-0.05, 0) is 58.6 Å². The number of piperidine rings is 1. The second-order valence-electron chi connectivity index (χ2n) is 8.56. The van der Waals surface area contributed by atoms with E-state index in [-0.39, 0.29) is 11.9 Å². The molecule has 2 heterocycles. The van der Waals surface area contributed by atoms with Crippen LogP contribution in [0, 0.1) is 6.92 Å². The maximum Gasteiger partial charge on any atom is 0.407 e. The van der Waals surface area contributed by atoms with E-state index < -0.39 is 11.7 Å². The molecule has 6 nitrogen and oxygen atoms in total. The lowest BCUT2D eigenvalue weighted by Crippen LogP contribution is -2.50. The number of ether oxygens (including phenoxy) is 1. The van der Waals surface area contributed by atoms with Gasteiger partial charge in [-0.15, -0.1) is 0 Å². The monoisotopic (exact) mass is 386 g/mol. The molecule has 28 heavy (non-hydrogen) atoms. The number of fused-ring (bicyclic) bond motifs is 1. The predicted octanol–water partition coefficient (Wildman–Crippen LogP) is 4.19.